The first-order chi connectivity index (χ1) is 15.9. The summed E-state index contributed by atoms with van der Waals surface area (Å²) in [6.45, 7) is 3.89. The van der Waals surface area contributed by atoms with Gasteiger partial charge >= 0.3 is 0 Å². The second-order valence-corrected chi connectivity index (χ2v) is 10.7. The number of nitrogens with two attached hydrogens (primary N) is 1. The molecule has 2 aromatic rings. The predicted octanol–water partition coefficient (Wildman–Crippen LogP) is 5.54. The minimum atomic E-state index is -0.348. The Morgan fingerprint density at radius 3 is 2.73 bits per heavy atom. The summed E-state index contributed by atoms with van der Waals surface area (Å²) in [5, 5.41) is 1.89. The van der Waals surface area contributed by atoms with Gasteiger partial charge in [0.2, 0.25) is 0 Å². The van der Waals surface area contributed by atoms with E-state index in [2.05, 4.69) is 40.4 Å². The monoisotopic (exact) mass is 529 g/mol. The third kappa shape index (κ3) is 6.15. The molecule has 174 valence electrons. The van der Waals surface area contributed by atoms with Crippen LogP contribution in [0.15, 0.2) is 75.6 Å². The van der Waals surface area contributed by atoms with E-state index in [9.17, 15) is 9.18 Å². The number of carbonyl (C=O) groups excluding carboxylic acids is 1. The van der Waals surface area contributed by atoms with E-state index in [1.807, 2.05) is 41.4 Å². The molecule has 1 saturated heterocycles. The normalized spacial score (nSPS) is 22.0. The Labute approximate surface area is 207 Å². The number of amides is 1. The van der Waals surface area contributed by atoms with Crippen LogP contribution in [-0.2, 0) is 4.79 Å². The maximum Gasteiger partial charge on any atom is 0.265 e. The van der Waals surface area contributed by atoms with E-state index in [1.54, 1.807) is 6.07 Å². The van der Waals surface area contributed by atoms with Gasteiger partial charge in [-0.25, -0.2) is 9.40 Å². The number of halogens is 2. The predicted molar refractivity (Wildman–Crippen MR) is 136 cm³/mol. The maximum atomic E-state index is 14.2. The summed E-state index contributed by atoms with van der Waals surface area (Å²) in [6, 6.07) is 12.8. The van der Waals surface area contributed by atoms with E-state index in [0.717, 1.165) is 46.4 Å². The van der Waals surface area contributed by atoms with Gasteiger partial charge in [-0.1, -0.05) is 65.7 Å². The Hall–Kier alpha value is -1.93. The molecule has 1 heterocycles. The van der Waals surface area contributed by atoms with Crippen molar-refractivity contribution >= 4 is 33.6 Å². The van der Waals surface area contributed by atoms with Gasteiger partial charge in [-0.3, -0.25) is 10.2 Å². The van der Waals surface area contributed by atoms with Crippen molar-refractivity contribution in [2.75, 3.05) is 13.1 Å². The van der Waals surface area contributed by atoms with Crippen LogP contribution in [0.5, 0.6) is 0 Å². The van der Waals surface area contributed by atoms with Gasteiger partial charge in [-0.15, -0.1) is 11.8 Å². The minimum Gasteiger partial charge on any atom is -0.323 e. The summed E-state index contributed by atoms with van der Waals surface area (Å²) < 4.78 is 15.2. The highest BCUT2D eigenvalue weighted by atomic mass is 79.9. The molecule has 1 amide bonds. The maximum absolute atomic E-state index is 14.2. The Morgan fingerprint density at radius 2 is 2.00 bits per heavy atom. The van der Waals surface area contributed by atoms with Gasteiger partial charge in [0.15, 0.2) is 0 Å². The zero-order valence-electron chi connectivity index (χ0n) is 18.6. The molecule has 1 aliphatic heterocycles. The van der Waals surface area contributed by atoms with Crippen molar-refractivity contribution in [3.8, 4) is 0 Å². The minimum absolute atomic E-state index is 0.0909. The van der Waals surface area contributed by atoms with Crippen LogP contribution in [0.2, 0.25) is 0 Å². The second kappa shape index (κ2) is 11.0. The molecule has 0 spiro atoms. The van der Waals surface area contributed by atoms with Crippen molar-refractivity contribution in [2.24, 2.45) is 5.73 Å². The van der Waals surface area contributed by atoms with Crippen molar-refractivity contribution < 1.29 is 9.18 Å². The van der Waals surface area contributed by atoms with E-state index in [1.165, 1.54) is 24.2 Å². The lowest BCUT2D eigenvalue weighted by atomic mass is 9.93. The van der Waals surface area contributed by atoms with Crippen LogP contribution in [0.1, 0.15) is 43.2 Å². The van der Waals surface area contributed by atoms with Gasteiger partial charge in [0, 0.05) is 45.2 Å². The molecule has 0 aromatic heterocycles. The molecule has 3 unspecified atom stereocenters. The number of benzene rings is 2. The molecular formula is C26H29BrFN3OS. The Balaban J connectivity index is 1.48. The van der Waals surface area contributed by atoms with E-state index in [-0.39, 0.29) is 28.9 Å². The van der Waals surface area contributed by atoms with Crippen LogP contribution in [-0.4, -0.2) is 35.3 Å². The number of carbonyl (C=O) groups is 1. The van der Waals surface area contributed by atoms with Crippen molar-refractivity contribution in [2.45, 2.75) is 48.3 Å². The van der Waals surface area contributed by atoms with E-state index in [4.69, 9.17) is 5.73 Å². The number of rotatable bonds is 6. The fourth-order valence-electron chi connectivity index (χ4n) is 4.24. The van der Waals surface area contributed by atoms with E-state index >= 15 is 0 Å². The number of thioether (sulfide) groups is 1. The smallest absolute Gasteiger partial charge is 0.265 e. The summed E-state index contributed by atoms with van der Waals surface area (Å²) in [5.74, 6) is -0.300. The van der Waals surface area contributed by atoms with E-state index < -0.39 is 0 Å². The third-order valence-electron chi connectivity index (χ3n) is 6.15. The molecular weight excluding hydrogens is 501 g/mol. The highest BCUT2D eigenvalue weighted by Crippen LogP contribution is 2.37. The number of nitrogens with zero attached hydrogens (tertiary/aromatic N) is 1. The highest BCUT2D eigenvalue weighted by Gasteiger charge is 2.25. The number of nitrogens with one attached hydrogen (secondary N) is 1. The number of hydrogen-bond acceptors (Lipinski definition) is 4. The molecule has 0 bridgehead atoms. The summed E-state index contributed by atoms with van der Waals surface area (Å²) in [4.78, 5) is 13.5. The van der Waals surface area contributed by atoms with Gasteiger partial charge in [0.1, 0.15) is 5.82 Å². The molecule has 4 rings (SSSR count). The summed E-state index contributed by atoms with van der Waals surface area (Å²) in [5.41, 5.74) is 12.2. The molecule has 1 fully saturated rings. The Bertz CT molecular complexity index is 1070. The quantitative estimate of drug-likeness (QED) is 0.515. The lowest BCUT2D eigenvalue weighted by molar-refractivity contribution is -0.122. The molecule has 4 nitrogen and oxygen atoms in total. The molecule has 3 atom stereocenters. The van der Waals surface area contributed by atoms with Crippen molar-refractivity contribution in [3.63, 3.8) is 0 Å². The lowest BCUT2D eigenvalue weighted by Crippen LogP contribution is -2.46. The van der Waals surface area contributed by atoms with Crippen LogP contribution in [0.3, 0.4) is 0 Å². The summed E-state index contributed by atoms with van der Waals surface area (Å²) in [7, 11) is 0. The molecule has 1 aliphatic carbocycles. The standard InChI is InChI=1S/C26H29BrFN3OS/c1-17(18-6-5-7-20(27)14-18)22-10-9-21(28)16-25(22)33-24-11-8-19(15-23(24)29)26(32)30-31-12-3-2-4-13-31/h5-11,14-17,23-24H,2-4,12-13,29H2,1H3,(H,30,32). The molecule has 0 saturated carbocycles. The van der Waals surface area contributed by atoms with Crippen LogP contribution in [0, 0.1) is 5.82 Å². The second-order valence-electron chi connectivity index (χ2n) is 8.59. The van der Waals surface area contributed by atoms with Gasteiger partial charge in [0.25, 0.3) is 5.91 Å². The van der Waals surface area contributed by atoms with Crippen LogP contribution in [0.25, 0.3) is 0 Å². The van der Waals surface area contributed by atoms with Gasteiger partial charge in [-0.05, 0) is 48.2 Å². The Morgan fingerprint density at radius 1 is 1.21 bits per heavy atom. The van der Waals surface area contributed by atoms with E-state index in [0.29, 0.717) is 5.57 Å². The summed E-state index contributed by atoms with van der Waals surface area (Å²) in [6.07, 6.45) is 9.01. The zero-order chi connectivity index (χ0) is 23.4. The van der Waals surface area contributed by atoms with Crippen molar-refractivity contribution in [1.29, 1.82) is 0 Å². The fraction of sp³-hybridized carbons (Fsp3) is 0.346. The first-order valence-electron chi connectivity index (χ1n) is 11.3. The topological polar surface area (TPSA) is 58.4 Å². The van der Waals surface area contributed by atoms with Crippen LogP contribution in [0.4, 0.5) is 4.39 Å². The summed E-state index contributed by atoms with van der Waals surface area (Å²) >= 11 is 5.08. The zero-order valence-corrected chi connectivity index (χ0v) is 21.0. The molecule has 2 aromatic carbocycles. The van der Waals surface area contributed by atoms with Gasteiger partial charge < -0.3 is 5.73 Å². The fourth-order valence-corrected chi connectivity index (χ4v) is 5.90. The average molecular weight is 531 g/mol. The lowest BCUT2D eigenvalue weighted by Gasteiger charge is -2.28. The van der Waals surface area contributed by atoms with Gasteiger partial charge in [-0.2, -0.15) is 0 Å². The molecule has 3 N–H and O–H groups in total. The van der Waals surface area contributed by atoms with Crippen LogP contribution < -0.4 is 11.2 Å². The largest absolute Gasteiger partial charge is 0.323 e. The first kappa shape index (κ1) is 24.2. The number of hydrazine groups is 1. The molecule has 33 heavy (non-hydrogen) atoms. The van der Waals surface area contributed by atoms with Crippen molar-refractivity contribution in [1.82, 2.24) is 10.4 Å². The number of piperidine rings is 1. The third-order valence-corrected chi connectivity index (χ3v) is 7.99. The molecule has 7 heteroatoms. The molecule has 2 aliphatic rings. The van der Waals surface area contributed by atoms with Gasteiger partial charge in [0.05, 0.1) is 0 Å². The molecule has 0 radical (unpaired) electrons. The first-order valence-corrected chi connectivity index (χ1v) is 13.0. The van der Waals surface area contributed by atoms with Crippen molar-refractivity contribution in [3.05, 3.63) is 87.7 Å². The van der Waals surface area contributed by atoms with Crippen LogP contribution >= 0.6 is 27.7 Å². The highest BCUT2D eigenvalue weighted by molar-refractivity contribution is 9.10. The number of hydrogen-bond donors (Lipinski definition) is 2. The SMILES string of the molecule is CC(c1cccc(Br)c1)c1ccc(F)cc1SC1C=CC(C(=O)NN2CCCCC2)=CC1N. The average Bonchev–Trinajstić information content (AvgIpc) is 2.81. The Kier molecular flexibility index (Phi) is 8.07.